The Morgan fingerprint density at radius 1 is 1.25 bits per heavy atom. The second kappa shape index (κ2) is 7.62. The summed E-state index contributed by atoms with van der Waals surface area (Å²) in [7, 11) is 0. The molecule has 0 radical (unpaired) electrons. The summed E-state index contributed by atoms with van der Waals surface area (Å²) in [5.41, 5.74) is 3.12. The number of aliphatic hydroxyl groups excluding tert-OH is 1. The van der Waals surface area contributed by atoms with Crippen LogP contribution in [0, 0.1) is 18.7 Å². The van der Waals surface area contributed by atoms with E-state index in [0.717, 1.165) is 48.6 Å². The number of hydrogen-bond donors (Lipinski definition) is 2. The largest absolute Gasteiger partial charge is 0.396 e. The number of halogens is 1. The summed E-state index contributed by atoms with van der Waals surface area (Å²) in [5, 5.41) is 12.5. The van der Waals surface area contributed by atoms with Crippen molar-refractivity contribution in [1.82, 2.24) is 4.98 Å². The van der Waals surface area contributed by atoms with Gasteiger partial charge < -0.3 is 15.3 Å². The van der Waals surface area contributed by atoms with Gasteiger partial charge in [-0.15, -0.1) is 0 Å². The van der Waals surface area contributed by atoms with Crippen LogP contribution in [0.2, 0.25) is 0 Å². The highest BCUT2D eigenvalue weighted by Crippen LogP contribution is 2.23. The van der Waals surface area contributed by atoms with E-state index in [-0.39, 0.29) is 12.4 Å². The van der Waals surface area contributed by atoms with Crippen molar-refractivity contribution in [3.05, 3.63) is 53.5 Å². The third-order valence-electron chi connectivity index (χ3n) is 4.75. The normalized spacial score (nSPS) is 15.5. The molecule has 1 aliphatic heterocycles. The Hall–Kier alpha value is -2.14. The zero-order chi connectivity index (χ0) is 16.9. The average Bonchev–Trinajstić information content (AvgIpc) is 2.62. The van der Waals surface area contributed by atoms with E-state index in [4.69, 9.17) is 0 Å². The van der Waals surface area contributed by atoms with Crippen molar-refractivity contribution >= 4 is 11.5 Å². The van der Waals surface area contributed by atoms with Crippen LogP contribution < -0.4 is 10.2 Å². The van der Waals surface area contributed by atoms with Crippen LogP contribution in [-0.2, 0) is 6.54 Å². The SMILES string of the molecule is Cc1cc(F)ccc1CNc1ccc(N2CCC(CO)CC2)cn1. The molecule has 0 unspecified atom stereocenters. The lowest BCUT2D eigenvalue weighted by Gasteiger charge is -2.32. The third-order valence-corrected chi connectivity index (χ3v) is 4.75. The Kier molecular flexibility index (Phi) is 5.30. The van der Waals surface area contributed by atoms with Gasteiger partial charge in [-0.3, -0.25) is 0 Å². The minimum Gasteiger partial charge on any atom is -0.396 e. The van der Waals surface area contributed by atoms with Crippen LogP contribution in [0.15, 0.2) is 36.5 Å². The lowest BCUT2D eigenvalue weighted by molar-refractivity contribution is 0.203. The first-order valence-electron chi connectivity index (χ1n) is 8.46. The molecule has 0 bridgehead atoms. The molecule has 1 aromatic carbocycles. The Morgan fingerprint density at radius 2 is 2.04 bits per heavy atom. The fourth-order valence-electron chi connectivity index (χ4n) is 3.09. The van der Waals surface area contributed by atoms with E-state index in [1.807, 2.05) is 19.2 Å². The molecule has 0 atom stereocenters. The van der Waals surface area contributed by atoms with Crippen molar-refractivity contribution in [3.63, 3.8) is 0 Å². The van der Waals surface area contributed by atoms with Gasteiger partial charge in [-0.05, 0) is 61.1 Å². The lowest BCUT2D eigenvalue weighted by Crippen LogP contribution is -2.34. The molecule has 1 aliphatic rings. The highest BCUT2D eigenvalue weighted by Gasteiger charge is 2.18. The van der Waals surface area contributed by atoms with Crippen molar-refractivity contribution in [1.29, 1.82) is 0 Å². The Bertz CT molecular complexity index is 667. The summed E-state index contributed by atoms with van der Waals surface area (Å²) >= 11 is 0. The third kappa shape index (κ3) is 4.03. The maximum absolute atomic E-state index is 13.1. The monoisotopic (exact) mass is 329 g/mol. The fourth-order valence-corrected chi connectivity index (χ4v) is 3.09. The molecular weight excluding hydrogens is 305 g/mol. The number of benzene rings is 1. The molecular formula is C19H24FN3O. The molecule has 2 N–H and O–H groups in total. The number of aryl methyl sites for hydroxylation is 1. The summed E-state index contributed by atoms with van der Waals surface area (Å²) in [5.74, 6) is 1.05. The first-order chi connectivity index (χ1) is 11.7. The van der Waals surface area contributed by atoms with E-state index in [9.17, 15) is 9.50 Å². The van der Waals surface area contributed by atoms with Crippen LogP contribution in [0.4, 0.5) is 15.9 Å². The number of aliphatic hydroxyl groups is 1. The number of pyridine rings is 1. The van der Waals surface area contributed by atoms with Crippen molar-refractivity contribution in [2.24, 2.45) is 5.92 Å². The molecule has 1 saturated heterocycles. The van der Waals surface area contributed by atoms with Gasteiger partial charge in [0.2, 0.25) is 0 Å². The molecule has 2 aromatic rings. The van der Waals surface area contributed by atoms with Gasteiger partial charge in [-0.2, -0.15) is 0 Å². The first-order valence-corrected chi connectivity index (χ1v) is 8.46. The van der Waals surface area contributed by atoms with Gasteiger partial charge in [-0.1, -0.05) is 6.07 Å². The van der Waals surface area contributed by atoms with Crippen LogP contribution in [0.5, 0.6) is 0 Å². The second-order valence-electron chi connectivity index (χ2n) is 6.44. The van der Waals surface area contributed by atoms with Crippen molar-refractivity contribution in [2.45, 2.75) is 26.3 Å². The maximum Gasteiger partial charge on any atom is 0.126 e. The van der Waals surface area contributed by atoms with Crippen LogP contribution in [0.1, 0.15) is 24.0 Å². The number of anilines is 2. The minimum absolute atomic E-state index is 0.205. The fraction of sp³-hybridized carbons (Fsp3) is 0.421. The lowest BCUT2D eigenvalue weighted by atomic mass is 9.98. The summed E-state index contributed by atoms with van der Waals surface area (Å²) in [6.07, 6.45) is 3.94. The van der Waals surface area contributed by atoms with Gasteiger partial charge in [0.1, 0.15) is 11.6 Å². The number of nitrogens with one attached hydrogen (secondary N) is 1. The molecule has 0 aliphatic carbocycles. The van der Waals surface area contributed by atoms with Crippen LogP contribution in [0.3, 0.4) is 0 Å². The highest BCUT2D eigenvalue weighted by molar-refractivity contribution is 5.50. The van der Waals surface area contributed by atoms with Crippen molar-refractivity contribution < 1.29 is 9.50 Å². The quantitative estimate of drug-likeness (QED) is 0.883. The van der Waals surface area contributed by atoms with Crippen molar-refractivity contribution in [2.75, 3.05) is 29.9 Å². The zero-order valence-electron chi connectivity index (χ0n) is 14.0. The minimum atomic E-state index is -0.205. The molecule has 3 rings (SSSR count). The molecule has 128 valence electrons. The maximum atomic E-state index is 13.1. The summed E-state index contributed by atoms with van der Waals surface area (Å²) in [6, 6.07) is 8.88. The van der Waals surface area contributed by atoms with E-state index in [1.54, 1.807) is 12.1 Å². The molecule has 2 heterocycles. The zero-order valence-corrected chi connectivity index (χ0v) is 14.0. The summed E-state index contributed by atoms with van der Waals surface area (Å²) in [4.78, 5) is 6.79. The van der Waals surface area contributed by atoms with Crippen LogP contribution >= 0.6 is 0 Å². The molecule has 1 aromatic heterocycles. The second-order valence-corrected chi connectivity index (χ2v) is 6.44. The highest BCUT2D eigenvalue weighted by atomic mass is 19.1. The van der Waals surface area contributed by atoms with Crippen LogP contribution in [-0.4, -0.2) is 29.8 Å². The molecule has 0 spiro atoms. The molecule has 4 nitrogen and oxygen atoms in total. The number of rotatable bonds is 5. The average molecular weight is 329 g/mol. The van der Waals surface area contributed by atoms with E-state index in [2.05, 4.69) is 21.3 Å². The van der Waals surface area contributed by atoms with Crippen LogP contribution in [0.25, 0.3) is 0 Å². The summed E-state index contributed by atoms with van der Waals surface area (Å²) in [6.45, 7) is 4.76. The summed E-state index contributed by atoms with van der Waals surface area (Å²) < 4.78 is 13.1. The van der Waals surface area contributed by atoms with E-state index < -0.39 is 0 Å². The van der Waals surface area contributed by atoms with Crippen molar-refractivity contribution in [3.8, 4) is 0 Å². The number of nitrogens with zero attached hydrogens (tertiary/aromatic N) is 2. The number of piperidine rings is 1. The predicted molar refractivity (Wildman–Crippen MR) is 94.7 cm³/mol. The van der Waals surface area contributed by atoms with Gasteiger partial charge in [0.15, 0.2) is 0 Å². The van der Waals surface area contributed by atoms with Gasteiger partial charge >= 0.3 is 0 Å². The topological polar surface area (TPSA) is 48.4 Å². The Balaban J connectivity index is 1.57. The number of aromatic nitrogens is 1. The van der Waals surface area contributed by atoms with Gasteiger partial charge in [-0.25, -0.2) is 9.37 Å². The molecule has 24 heavy (non-hydrogen) atoms. The predicted octanol–water partition coefficient (Wildman–Crippen LogP) is 3.35. The van der Waals surface area contributed by atoms with Gasteiger partial charge in [0.25, 0.3) is 0 Å². The molecule has 0 saturated carbocycles. The first kappa shape index (κ1) is 16.7. The van der Waals surface area contributed by atoms with E-state index in [1.165, 1.54) is 6.07 Å². The van der Waals surface area contributed by atoms with E-state index >= 15 is 0 Å². The smallest absolute Gasteiger partial charge is 0.126 e. The van der Waals surface area contributed by atoms with Gasteiger partial charge in [0.05, 0.1) is 11.9 Å². The molecule has 5 heteroatoms. The molecule has 1 fully saturated rings. The Morgan fingerprint density at radius 3 is 2.67 bits per heavy atom. The standard InChI is InChI=1S/C19H24FN3O/c1-14-10-17(20)3-2-16(14)11-21-19-5-4-18(12-22-19)23-8-6-15(13-24)7-9-23/h2-5,10,12,15,24H,6-9,11,13H2,1H3,(H,21,22). The van der Waals surface area contributed by atoms with E-state index in [0.29, 0.717) is 12.5 Å². The van der Waals surface area contributed by atoms with Gasteiger partial charge in [0, 0.05) is 26.2 Å². The molecule has 0 amide bonds. The Labute approximate surface area is 142 Å². The number of hydrogen-bond acceptors (Lipinski definition) is 4.